The zero-order valence-electron chi connectivity index (χ0n) is 16.3. The summed E-state index contributed by atoms with van der Waals surface area (Å²) in [5, 5.41) is 18.7. The smallest absolute Gasteiger partial charge is 0.207 e. The topological polar surface area (TPSA) is 61.0 Å². The number of aromatic nitrogens is 3. The largest absolute Gasteiger partial charge is 0.350 e. The lowest BCUT2D eigenvalue weighted by Gasteiger charge is -2.34. The molecule has 0 amide bonds. The number of aryl methyl sites for hydroxylation is 1. The summed E-state index contributed by atoms with van der Waals surface area (Å²) < 4.78 is 0. The molecule has 0 unspecified atom stereocenters. The lowest BCUT2D eigenvalue weighted by atomic mass is 10.1. The van der Waals surface area contributed by atoms with Crippen molar-refractivity contribution in [2.45, 2.75) is 20.4 Å². The van der Waals surface area contributed by atoms with Gasteiger partial charge in [-0.3, -0.25) is 4.90 Å². The van der Waals surface area contributed by atoms with Gasteiger partial charge in [-0.05, 0) is 36.6 Å². The fraction of sp³-hybridized carbons (Fsp3) is 0.318. The van der Waals surface area contributed by atoms with Gasteiger partial charge >= 0.3 is 0 Å². The summed E-state index contributed by atoms with van der Waals surface area (Å²) in [6, 6.07) is 18.8. The van der Waals surface area contributed by atoms with Crippen LogP contribution in [0.3, 0.4) is 0 Å². The summed E-state index contributed by atoms with van der Waals surface area (Å²) in [7, 11) is 0. The van der Waals surface area contributed by atoms with Crippen LogP contribution in [0.25, 0.3) is 5.69 Å². The van der Waals surface area contributed by atoms with Crippen LogP contribution in [0, 0.1) is 25.2 Å². The van der Waals surface area contributed by atoms with Crippen molar-refractivity contribution in [3.05, 3.63) is 70.9 Å². The van der Waals surface area contributed by atoms with Crippen molar-refractivity contribution < 1.29 is 0 Å². The zero-order chi connectivity index (χ0) is 19.5. The van der Waals surface area contributed by atoms with Crippen LogP contribution >= 0.6 is 0 Å². The predicted molar refractivity (Wildman–Crippen MR) is 109 cm³/mol. The molecule has 0 N–H and O–H groups in total. The Bertz CT molecular complexity index is 994. The fourth-order valence-electron chi connectivity index (χ4n) is 3.60. The maximum atomic E-state index is 9.58. The Morgan fingerprint density at radius 3 is 2.39 bits per heavy atom. The molecule has 28 heavy (non-hydrogen) atoms. The monoisotopic (exact) mass is 372 g/mol. The zero-order valence-corrected chi connectivity index (χ0v) is 16.3. The molecule has 6 nitrogen and oxygen atoms in total. The van der Waals surface area contributed by atoms with Crippen LogP contribution in [0.15, 0.2) is 48.5 Å². The maximum Gasteiger partial charge on any atom is 0.207 e. The van der Waals surface area contributed by atoms with E-state index in [-0.39, 0.29) is 0 Å². The van der Waals surface area contributed by atoms with Gasteiger partial charge in [0.15, 0.2) is 5.82 Å². The summed E-state index contributed by atoms with van der Waals surface area (Å²) in [5.74, 6) is 0.683. The summed E-state index contributed by atoms with van der Waals surface area (Å²) in [5.41, 5.74) is 4.95. The number of piperazine rings is 1. The first-order valence-corrected chi connectivity index (χ1v) is 9.61. The van der Waals surface area contributed by atoms with Gasteiger partial charge in [-0.25, -0.2) is 0 Å². The molecule has 2 heterocycles. The van der Waals surface area contributed by atoms with E-state index in [9.17, 15) is 5.26 Å². The van der Waals surface area contributed by atoms with Gasteiger partial charge in [0.25, 0.3) is 0 Å². The molecule has 0 radical (unpaired) electrons. The second-order valence-corrected chi connectivity index (χ2v) is 7.24. The van der Waals surface area contributed by atoms with Crippen molar-refractivity contribution in [3.8, 4) is 11.8 Å². The number of benzene rings is 2. The van der Waals surface area contributed by atoms with E-state index in [2.05, 4.69) is 70.2 Å². The highest BCUT2D eigenvalue weighted by Gasteiger charge is 2.23. The van der Waals surface area contributed by atoms with E-state index in [4.69, 9.17) is 0 Å². The van der Waals surface area contributed by atoms with Crippen LogP contribution in [0.2, 0.25) is 0 Å². The predicted octanol–water partition coefficient (Wildman–Crippen LogP) is 3.08. The number of nitrogens with zero attached hydrogens (tertiary/aromatic N) is 6. The van der Waals surface area contributed by atoms with E-state index in [0.29, 0.717) is 11.5 Å². The minimum Gasteiger partial charge on any atom is -0.350 e. The third-order valence-corrected chi connectivity index (χ3v) is 5.41. The SMILES string of the molecule is Cc1cccc(-n2nc(C#N)c(N3CCN(Cc4ccccc4)CC3)n2)c1C. The second kappa shape index (κ2) is 7.83. The van der Waals surface area contributed by atoms with E-state index >= 15 is 0 Å². The van der Waals surface area contributed by atoms with E-state index in [1.165, 1.54) is 11.1 Å². The van der Waals surface area contributed by atoms with E-state index in [1.807, 2.05) is 18.2 Å². The molecule has 0 saturated carbocycles. The highest BCUT2D eigenvalue weighted by molar-refractivity contribution is 5.52. The van der Waals surface area contributed by atoms with Crippen LogP contribution in [0.1, 0.15) is 22.4 Å². The molecular weight excluding hydrogens is 348 g/mol. The Morgan fingerprint density at radius 2 is 1.68 bits per heavy atom. The molecule has 0 aliphatic carbocycles. The lowest BCUT2D eigenvalue weighted by Crippen LogP contribution is -2.46. The normalized spacial score (nSPS) is 14.8. The Hall–Kier alpha value is -3.17. The fourth-order valence-corrected chi connectivity index (χ4v) is 3.60. The standard InChI is InChI=1S/C22H24N6/c1-17-7-6-10-21(18(17)2)28-24-20(15-23)22(25-28)27-13-11-26(12-14-27)16-19-8-4-3-5-9-19/h3-10H,11-14,16H2,1-2H3. The minimum absolute atomic E-state index is 0.386. The number of anilines is 1. The summed E-state index contributed by atoms with van der Waals surface area (Å²) >= 11 is 0. The molecular formula is C22H24N6. The first kappa shape index (κ1) is 18.2. The van der Waals surface area contributed by atoms with Gasteiger partial charge in [-0.15, -0.1) is 15.0 Å². The van der Waals surface area contributed by atoms with Crippen molar-refractivity contribution in [2.24, 2.45) is 0 Å². The highest BCUT2D eigenvalue weighted by Crippen LogP contribution is 2.22. The van der Waals surface area contributed by atoms with Gasteiger partial charge < -0.3 is 4.90 Å². The molecule has 1 aliphatic rings. The minimum atomic E-state index is 0.386. The molecule has 3 aromatic rings. The number of hydrogen-bond donors (Lipinski definition) is 0. The molecule has 0 bridgehead atoms. The van der Waals surface area contributed by atoms with Crippen molar-refractivity contribution in [1.82, 2.24) is 19.9 Å². The summed E-state index contributed by atoms with van der Waals surface area (Å²) in [6.07, 6.45) is 0. The molecule has 1 aromatic heterocycles. The Labute approximate surface area is 165 Å². The number of hydrogen-bond acceptors (Lipinski definition) is 5. The van der Waals surface area contributed by atoms with Crippen LogP contribution in [0.4, 0.5) is 5.82 Å². The Morgan fingerprint density at radius 1 is 0.929 bits per heavy atom. The molecule has 0 spiro atoms. The van der Waals surface area contributed by atoms with Gasteiger partial charge in [-0.2, -0.15) is 5.26 Å². The van der Waals surface area contributed by atoms with Crippen molar-refractivity contribution >= 4 is 5.82 Å². The summed E-state index contributed by atoms with van der Waals surface area (Å²) in [4.78, 5) is 6.22. The van der Waals surface area contributed by atoms with Crippen LogP contribution in [0.5, 0.6) is 0 Å². The van der Waals surface area contributed by atoms with Gasteiger partial charge in [0.2, 0.25) is 5.69 Å². The van der Waals surface area contributed by atoms with Crippen LogP contribution < -0.4 is 4.90 Å². The van der Waals surface area contributed by atoms with E-state index in [0.717, 1.165) is 44.0 Å². The van der Waals surface area contributed by atoms with Crippen molar-refractivity contribution in [1.29, 1.82) is 5.26 Å². The molecule has 1 saturated heterocycles. The van der Waals surface area contributed by atoms with Gasteiger partial charge in [0.1, 0.15) is 6.07 Å². The quantitative estimate of drug-likeness (QED) is 0.704. The maximum absolute atomic E-state index is 9.58. The number of nitriles is 1. The molecule has 0 atom stereocenters. The van der Waals surface area contributed by atoms with E-state index in [1.54, 1.807) is 4.80 Å². The number of rotatable bonds is 4. The average Bonchev–Trinajstić information content (AvgIpc) is 3.15. The summed E-state index contributed by atoms with van der Waals surface area (Å²) in [6.45, 7) is 8.64. The molecule has 142 valence electrons. The van der Waals surface area contributed by atoms with Gasteiger partial charge in [-0.1, -0.05) is 42.5 Å². The Balaban J connectivity index is 1.50. The third-order valence-electron chi connectivity index (χ3n) is 5.41. The third kappa shape index (κ3) is 3.62. The first-order chi connectivity index (χ1) is 13.7. The van der Waals surface area contributed by atoms with Crippen LogP contribution in [-0.2, 0) is 6.54 Å². The molecule has 1 fully saturated rings. The first-order valence-electron chi connectivity index (χ1n) is 9.61. The molecule has 6 heteroatoms. The van der Waals surface area contributed by atoms with E-state index < -0.39 is 0 Å². The van der Waals surface area contributed by atoms with Gasteiger partial charge in [0.05, 0.1) is 5.69 Å². The van der Waals surface area contributed by atoms with Crippen LogP contribution in [-0.4, -0.2) is 46.1 Å². The molecule has 1 aliphatic heterocycles. The average molecular weight is 372 g/mol. The molecule has 2 aromatic carbocycles. The Kier molecular flexibility index (Phi) is 5.09. The second-order valence-electron chi connectivity index (χ2n) is 7.24. The van der Waals surface area contributed by atoms with Gasteiger partial charge in [0, 0.05) is 32.7 Å². The highest BCUT2D eigenvalue weighted by atomic mass is 15.5. The lowest BCUT2D eigenvalue weighted by molar-refractivity contribution is 0.249. The molecule has 4 rings (SSSR count). The van der Waals surface area contributed by atoms with Crippen molar-refractivity contribution in [2.75, 3.05) is 31.1 Å². The van der Waals surface area contributed by atoms with Crippen molar-refractivity contribution in [3.63, 3.8) is 0 Å².